The summed E-state index contributed by atoms with van der Waals surface area (Å²) >= 11 is 5.04. The number of nitrogens with one attached hydrogen (secondary N) is 1. The van der Waals surface area contributed by atoms with E-state index in [1.165, 1.54) is 0 Å². The molecule has 1 aromatic heterocycles. The molecule has 0 saturated carbocycles. The van der Waals surface area contributed by atoms with E-state index in [1.807, 2.05) is 18.7 Å². The minimum Gasteiger partial charge on any atom is -0.343 e. The molecule has 0 aliphatic heterocycles. The van der Waals surface area contributed by atoms with Crippen molar-refractivity contribution < 1.29 is 0 Å². The molecule has 5 nitrogen and oxygen atoms in total. The maximum atomic E-state index is 5.04. The van der Waals surface area contributed by atoms with Crippen LogP contribution in [0.4, 0.5) is 5.95 Å². The van der Waals surface area contributed by atoms with Crippen LogP contribution < -0.4 is 4.90 Å². The van der Waals surface area contributed by atoms with Crippen LogP contribution in [-0.4, -0.2) is 53.9 Å². The Labute approximate surface area is 89.3 Å². The molecule has 1 rings (SSSR count). The van der Waals surface area contributed by atoms with Gasteiger partial charge in [-0.25, -0.2) is 5.10 Å². The lowest BCUT2D eigenvalue weighted by Crippen LogP contribution is -2.30. The Morgan fingerprint density at radius 1 is 1.36 bits per heavy atom. The Bertz CT molecular complexity index is 340. The summed E-state index contributed by atoms with van der Waals surface area (Å²) in [5.41, 5.74) is 0. The molecule has 6 heteroatoms. The molecule has 0 spiro atoms. The second-order valence-electron chi connectivity index (χ2n) is 3.61. The molecule has 0 bridgehead atoms. The number of rotatable bonds is 4. The minimum absolute atomic E-state index is 0.650. The highest BCUT2D eigenvalue weighted by atomic mass is 32.1. The van der Waals surface area contributed by atoms with Crippen LogP contribution in [0.5, 0.6) is 0 Å². The average Bonchev–Trinajstić information content (AvgIpc) is 2.44. The van der Waals surface area contributed by atoms with Crippen molar-refractivity contribution in [1.82, 2.24) is 19.7 Å². The number of anilines is 1. The van der Waals surface area contributed by atoms with Crippen molar-refractivity contribution in [3.8, 4) is 0 Å². The first kappa shape index (κ1) is 11.2. The molecule has 0 aliphatic carbocycles. The van der Waals surface area contributed by atoms with Gasteiger partial charge in [-0.1, -0.05) is 0 Å². The van der Waals surface area contributed by atoms with Gasteiger partial charge < -0.3 is 9.80 Å². The molecule has 0 amide bonds. The van der Waals surface area contributed by atoms with Gasteiger partial charge in [0, 0.05) is 27.2 Å². The standard InChI is InChI=1S/C8H17N5S/c1-11(2)5-6-12(3)7-9-10-8(14)13(7)4/h5-6H2,1-4H3,(H,10,14). The lowest BCUT2D eigenvalue weighted by atomic mass is 10.5. The molecule has 0 fully saturated rings. The predicted molar refractivity (Wildman–Crippen MR) is 60.2 cm³/mol. The molecule has 80 valence electrons. The number of aromatic nitrogens is 3. The van der Waals surface area contributed by atoms with Crippen molar-refractivity contribution in [3.63, 3.8) is 0 Å². The topological polar surface area (TPSA) is 40.1 Å². The van der Waals surface area contributed by atoms with Crippen molar-refractivity contribution in [2.45, 2.75) is 0 Å². The van der Waals surface area contributed by atoms with Crippen LogP contribution in [0.2, 0.25) is 0 Å². The third-order valence-electron chi connectivity index (χ3n) is 2.08. The Morgan fingerprint density at radius 3 is 2.43 bits per heavy atom. The van der Waals surface area contributed by atoms with Gasteiger partial charge >= 0.3 is 0 Å². The van der Waals surface area contributed by atoms with Crippen molar-refractivity contribution >= 4 is 18.2 Å². The monoisotopic (exact) mass is 215 g/mol. The van der Waals surface area contributed by atoms with E-state index in [0.717, 1.165) is 19.0 Å². The lowest BCUT2D eigenvalue weighted by molar-refractivity contribution is 0.415. The van der Waals surface area contributed by atoms with Crippen LogP contribution in [0.25, 0.3) is 0 Å². The zero-order chi connectivity index (χ0) is 10.7. The van der Waals surface area contributed by atoms with E-state index in [9.17, 15) is 0 Å². The number of H-pyrrole nitrogens is 1. The third-order valence-corrected chi connectivity index (χ3v) is 2.45. The fraction of sp³-hybridized carbons (Fsp3) is 0.750. The molecule has 0 atom stereocenters. The summed E-state index contributed by atoms with van der Waals surface area (Å²) in [5, 5.41) is 6.91. The Balaban J connectivity index is 2.65. The number of hydrogen-bond donors (Lipinski definition) is 1. The van der Waals surface area contributed by atoms with E-state index < -0.39 is 0 Å². The van der Waals surface area contributed by atoms with E-state index in [1.54, 1.807) is 0 Å². The second kappa shape index (κ2) is 4.56. The molecular formula is C8H17N5S. The van der Waals surface area contributed by atoms with Gasteiger partial charge in [0.25, 0.3) is 0 Å². The first-order valence-electron chi connectivity index (χ1n) is 4.49. The van der Waals surface area contributed by atoms with E-state index in [-0.39, 0.29) is 0 Å². The normalized spacial score (nSPS) is 10.9. The summed E-state index contributed by atoms with van der Waals surface area (Å²) in [6.07, 6.45) is 0. The van der Waals surface area contributed by atoms with Gasteiger partial charge in [0.1, 0.15) is 0 Å². The van der Waals surface area contributed by atoms with Gasteiger partial charge in [0.2, 0.25) is 5.95 Å². The van der Waals surface area contributed by atoms with Crippen molar-refractivity contribution in [1.29, 1.82) is 0 Å². The van der Waals surface area contributed by atoms with Crippen molar-refractivity contribution in [2.24, 2.45) is 7.05 Å². The summed E-state index contributed by atoms with van der Waals surface area (Å²) < 4.78 is 2.52. The summed E-state index contributed by atoms with van der Waals surface area (Å²) in [7, 11) is 8.02. The molecule has 1 N–H and O–H groups in total. The van der Waals surface area contributed by atoms with Gasteiger partial charge in [-0.2, -0.15) is 0 Å². The SMILES string of the molecule is CN(C)CCN(C)c1n[nH]c(=S)n1C. The summed E-state index contributed by atoms with van der Waals surface area (Å²) in [6.45, 7) is 1.93. The Kier molecular flexibility index (Phi) is 3.65. The average molecular weight is 215 g/mol. The van der Waals surface area contributed by atoms with E-state index >= 15 is 0 Å². The molecular weight excluding hydrogens is 198 g/mol. The smallest absolute Gasteiger partial charge is 0.225 e. The highest BCUT2D eigenvalue weighted by Gasteiger charge is 2.07. The summed E-state index contributed by atoms with van der Waals surface area (Å²) in [6, 6.07) is 0. The maximum absolute atomic E-state index is 5.04. The molecule has 14 heavy (non-hydrogen) atoms. The van der Waals surface area contributed by atoms with Gasteiger partial charge in [0.05, 0.1) is 0 Å². The molecule has 0 radical (unpaired) electrons. The van der Waals surface area contributed by atoms with Crippen molar-refractivity contribution in [2.75, 3.05) is 39.1 Å². The van der Waals surface area contributed by atoms with Crippen LogP contribution in [0.15, 0.2) is 0 Å². The fourth-order valence-electron chi connectivity index (χ4n) is 1.13. The zero-order valence-corrected chi connectivity index (χ0v) is 9.93. The Hall–Kier alpha value is -0.880. The highest BCUT2D eigenvalue weighted by molar-refractivity contribution is 7.71. The van der Waals surface area contributed by atoms with Gasteiger partial charge in [-0.3, -0.25) is 4.57 Å². The van der Waals surface area contributed by atoms with Gasteiger partial charge in [-0.15, -0.1) is 5.10 Å². The van der Waals surface area contributed by atoms with Gasteiger partial charge in [0.15, 0.2) is 4.77 Å². The van der Waals surface area contributed by atoms with E-state index in [0.29, 0.717) is 4.77 Å². The van der Waals surface area contributed by atoms with Crippen LogP contribution >= 0.6 is 12.2 Å². The highest BCUT2D eigenvalue weighted by Crippen LogP contribution is 2.06. The lowest BCUT2D eigenvalue weighted by Gasteiger charge is -2.19. The van der Waals surface area contributed by atoms with Crippen LogP contribution in [-0.2, 0) is 7.05 Å². The molecule has 0 saturated heterocycles. The van der Waals surface area contributed by atoms with E-state index in [2.05, 4.69) is 34.1 Å². The Morgan fingerprint density at radius 2 is 2.00 bits per heavy atom. The first-order chi connectivity index (χ1) is 6.52. The predicted octanol–water partition coefficient (Wildman–Crippen LogP) is 0.475. The summed E-state index contributed by atoms with van der Waals surface area (Å²) in [4.78, 5) is 4.21. The zero-order valence-electron chi connectivity index (χ0n) is 9.11. The molecule has 0 unspecified atom stereocenters. The third kappa shape index (κ3) is 2.55. The minimum atomic E-state index is 0.650. The number of nitrogens with zero attached hydrogens (tertiary/aromatic N) is 4. The fourth-order valence-corrected chi connectivity index (χ4v) is 1.26. The maximum Gasteiger partial charge on any atom is 0.225 e. The van der Waals surface area contributed by atoms with Gasteiger partial charge in [-0.05, 0) is 26.3 Å². The molecule has 0 aliphatic rings. The molecule has 0 aromatic carbocycles. The van der Waals surface area contributed by atoms with Crippen LogP contribution in [0, 0.1) is 4.77 Å². The summed E-state index contributed by atoms with van der Waals surface area (Å²) in [5.74, 6) is 0.872. The molecule has 1 aromatic rings. The number of aromatic amines is 1. The van der Waals surface area contributed by atoms with Crippen LogP contribution in [0.1, 0.15) is 0 Å². The quantitative estimate of drug-likeness (QED) is 0.742. The first-order valence-corrected chi connectivity index (χ1v) is 4.90. The van der Waals surface area contributed by atoms with Crippen molar-refractivity contribution in [3.05, 3.63) is 4.77 Å². The largest absolute Gasteiger partial charge is 0.343 e. The second-order valence-corrected chi connectivity index (χ2v) is 4.00. The van der Waals surface area contributed by atoms with E-state index in [4.69, 9.17) is 12.2 Å². The number of likely N-dealkylation sites (N-methyl/N-ethyl adjacent to an activating group) is 2. The molecule has 1 heterocycles. The van der Waals surface area contributed by atoms with Crippen LogP contribution in [0.3, 0.4) is 0 Å². The number of hydrogen-bond acceptors (Lipinski definition) is 4.